The third-order valence-electron chi connectivity index (χ3n) is 5.08. The number of hydrogen-bond acceptors (Lipinski definition) is 6. The average molecular weight is 597 g/mol. The molecule has 1 fully saturated rings. The summed E-state index contributed by atoms with van der Waals surface area (Å²) >= 11 is 2.17. The smallest absolute Gasteiger partial charge is 0.416 e. The zero-order valence-corrected chi connectivity index (χ0v) is 19.6. The van der Waals surface area contributed by atoms with Crippen LogP contribution in [-0.4, -0.2) is 46.0 Å². The fourth-order valence-corrected chi connectivity index (χ4v) is 4.25. The Kier molecular flexibility index (Phi) is 6.80. The Morgan fingerprint density at radius 1 is 1.26 bits per heavy atom. The number of urea groups is 1. The van der Waals surface area contributed by atoms with Crippen LogP contribution in [0.4, 0.5) is 38.4 Å². The van der Waals surface area contributed by atoms with E-state index in [1.807, 2.05) is 4.90 Å². The molecule has 1 aliphatic rings. The maximum absolute atomic E-state index is 14.0. The lowest BCUT2D eigenvalue weighted by Gasteiger charge is -2.31. The summed E-state index contributed by atoms with van der Waals surface area (Å²) in [7, 11) is 0. The van der Waals surface area contributed by atoms with Crippen LogP contribution in [0.3, 0.4) is 0 Å². The minimum Gasteiger partial charge on any atom is -0.455 e. The lowest BCUT2D eigenvalue weighted by molar-refractivity contribution is -0.158. The first-order chi connectivity index (χ1) is 16.0. The molecule has 4 rings (SSSR count). The molecular weight excluding hydrogens is 580 g/mol. The minimum absolute atomic E-state index is 0.00589. The molecule has 14 heteroatoms. The van der Waals surface area contributed by atoms with Crippen LogP contribution in [0, 0.1) is 18.6 Å². The minimum atomic E-state index is -4.99. The summed E-state index contributed by atoms with van der Waals surface area (Å²) in [6.07, 6.45) is -2.47. The number of aromatic nitrogens is 2. The average Bonchev–Trinajstić information content (AvgIpc) is 3.09. The van der Waals surface area contributed by atoms with E-state index in [-0.39, 0.29) is 20.7 Å². The van der Waals surface area contributed by atoms with Crippen LogP contribution < -0.4 is 15.5 Å². The van der Waals surface area contributed by atoms with Crippen molar-refractivity contribution in [2.75, 3.05) is 30.0 Å². The van der Waals surface area contributed by atoms with Crippen molar-refractivity contribution in [2.24, 2.45) is 0 Å². The van der Waals surface area contributed by atoms with Gasteiger partial charge in [-0.1, -0.05) is 22.6 Å². The number of nitrogens with one attached hydrogen (secondary N) is 2. The van der Waals surface area contributed by atoms with Crippen molar-refractivity contribution in [1.29, 1.82) is 0 Å². The molecule has 2 N–H and O–H groups in total. The van der Waals surface area contributed by atoms with Gasteiger partial charge in [0.05, 0.1) is 31.3 Å². The highest BCUT2D eigenvalue weighted by Crippen LogP contribution is 2.39. The van der Waals surface area contributed by atoms with Crippen LogP contribution in [0.15, 0.2) is 28.9 Å². The number of fused-ring (bicyclic) bond motifs is 1. The lowest BCUT2D eigenvalue weighted by Crippen LogP contribution is -2.42. The largest absolute Gasteiger partial charge is 0.455 e. The molecule has 2 atom stereocenters. The number of nitrogens with zero attached hydrogens (tertiary/aromatic N) is 3. The molecule has 0 saturated carbocycles. The molecule has 3 heterocycles. The standard InChI is InChI=1S/C20H17F5IN5O3/c1-9-12-4-10(21)5-13(22)16(12)34-15(9)17(20(23,24)25)30-19(32)29-11-6-27-18(28-7-11)31-2-3-33-8-14(31)26/h4-7,14,17H,2-3,8H2,1H3,(H2,29,30,32)/t14-,17?/m0/s1. The first-order valence-corrected chi connectivity index (χ1v) is 11.1. The SMILES string of the molecule is Cc1c(C(NC(=O)Nc2cnc(N3CCOC[C@H]3I)nc2)C(F)(F)F)oc2c(F)cc(F)cc12. The monoisotopic (exact) mass is 597 g/mol. The van der Waals surface area contributed by atoms with Crippen molar-refractivity contribution in [3.05, 3.63) is 47.5 Å². The summed E-state index contributed by atoms with van der Waals surface area (Å²) in [5, 5.41) is 3.85. The molecule has 8 nitrogen and oxygen atoms in total. The van der Waals surface area contributed by atoms with Crippen molar-refractivity contribution in [3.8, 4) is 0 Å². The van der Waals surface area contributed by atoms with E-state index in [9.17, 15) is 26.7 Å². The summed E-state index contributed by atoms with van der Waals surface area (Å²) < 4.78 is 79.3. The van der Waals surface area contributed by atoms with Crippen molar-refractivity contribution < 1.29 is 35.9 Å². The van der Waals surface area contributed by atoms with Gasteiger partial charge in [0.15, 0.2) is 17.4 Å². The van der Waals surface area contributed by atoms with Gasteiger partial charge in [-0.05, 0) is 13.0 Å². The van der Waals surface area contributed by atoms with E-state index >= 15 is 0 Å². The van der Waals surface area contributed by atoms with Gasteiger partial charge >= 0.3 is 12.2 Å². The molecule has 2 amide bonds. The molecule has 1 aromatic carbocycles. The summed E-state index contributed by atoms with van der Waals surface area (Å²) in [5.74, 6) is -2.49. The van der Waals surface area contributed by atoms with Crippen molar-refractivity contribution in [3.63, 3.8) is 0 Å². The fourth-order valence-electron chi connectivity index (χ4n) is 3.46. The van der Waals surface area contributed by atoms with E-state index in [1.54, 1.807) is 5.32 Å². The number of carbonyl (C=O) groups is 1. The van der Waals surface area contributed by atoms with E-state index in [2.05, 4.69) is 37.9 Å². The maximum atomic E-state index is 14.0. The first-order valence-electron chi connectivity index (χ1n) is 9.87. The van der Waals surface area contributed by atoms with Gasteiger partial charge in [-0.25, -0.2) is 23.5 Å². The van der Waals surface area contributed by atoms with Gasteiger partial charge in [-0.3, -0.25) is 0 Å². The number of alkyl halides is 4. The van der Waals surface area contributed by atoms with E-state index in [1.165, 1.54) is 19.3 Å². The Labute approximate surface area is 203 Å². The van der Waals surface area contributed by atoms with Gasteiger partial charge < -0.3 is 24.7 Å². The molecular formula is C20H17F5IN5O3. The van der Waals surface area contributed by atoms with Crippen LogP contribution in [-0.2, 0) is 4.74 Å². The topological polar surface area (TPSA) is 92.5 Å². The second-order valence-electron chi connectivity index (χ2n) is 7.40. The highest BCUT2D eigenvalue weighted by molar-refractivity contribution is 14.1. The van der Waals surface area contributed by atoms with Gasteiger partial charge in [0.25, 0.3) is 0 Å². The number of carbonyl (C=O) groups excluding carboxylic acids is 1. The first kappa shape index (κ1) is 24.4. The van der Waals surface area contributed by atoms with Crippen molar-refractivity contribution >= 4 is 51.2 Å². The predicted octanol–water partition coefficient (Wildman–Crippen LogP) is 4.83. The molecule has 1 saturated heterocycles. The van der Waals surface area contributed by atoms with Crippen molar-refractivity contribution in [2.45, 2.75) is 23.2 Å². The Bertz CT molecular complexity index is 1200. The zero-order chi connectivity index (χ0) is 24.6. The molecule has 0 aliphatic carbocycles. The molecule has 0 spiro atoms. The second kappa shape index (κ2) is 9.48. The molecule has 0 bridgehead atoms. The van der Waals surface area contributed by atoms with Crippen molar-refractivity contribution in [1.82, 2.24) is 15.3 Å². The van der Waals surface area contributed by atoms with Gasteiger partial charge in [-0.2, -0.15) is 13.2 Å². The highest BCUT2D eigenvalue weighted by Gasteiger charge is 2.45. The predicted molar refractivity (Wildman–Crippen MR) is 120 cm³/mol. The molecule has 2 aromatic heterocycles. The molecule has 0 radical (unpaired) electrons. The normalized spacial score (nSPS) is 17.6. The maximum Gasteiger partial charge on any atom is 0.416 e. The van der Waals surface area contributed by atoms with Gasteiger partial charge in [0, 0.05) is 23.6 Å². The van der Waals surface area contributed by atoms with Crippen LogP contribution in [0.1, 0.15) is 17.4 Å². The van der Waals surface area contributed by atoms with Crippen LogP contribution in [0.25, 0.3) is 11.0 Å². The number of benzene rings is 1. The van der Waals surface area contributed by atoms with E-state index in [0.717, 1.165) is 6.07 Å². The van der Waals surface area contributed by atoms with Crippen LogP contribution >= 0.6 is 22.6 Å². The van der Waals surface area contributed by atoms with E-state index in [0.29, 0.717) is 31.8 Å². The molecule has 182 valence electrons. The zero-order valence-electron chi connectivity index (χ0n) is 17.4. The molecule has 1 aliphatic heterocycles. The summed E-state index contributed by atoms with van der Waals surface area (Å²) in [5.41, 5.74) is -0.636. The highest BCUT2D eigenvalue weighted by atomic mass is 127. The van der Waals surface area contributed by atoms with Crippen LogP contribution in [0.5, 0.6) is 0 Å². The third-order valence-corrected chi connectivity index (χ3v) is 6.11. The number of amides is 2. The quantitative estimate of drug-likeness (QED) is 0.194. The summed E-state index contributed by atoms with van der Waals surface area (Å²) in [6.45, 7) is 2.77. The van der Waals surface area contributed by atoms with Crippen LogP contribution in [0.2, 0.25) is 0 Å². The van der Waals surface area contributed by atoms with Gasteiger partial charge in [-0.15, -0.1) is 0 Å². The van der Waals surface area contributed by atoms with Gasteiger partial charge in [0.1, 0.15) is 15.6 Å². The number of aryl methyl sites for hydroxylation is 1. The Morgan fingerprint density at radius 2 is 1.97 bits per heavy atom. The number of halogens is 6. The number of ether oxygens (including phenoxy) is 1. The molecule has 34 heavy (non-hydrogen) atoms. The molecule has 1 unspecified atom stereocenters. The second-order valence-corrected chi connectivity index (χ2v) is 8.84. The van der Waals surface area contributed by atoms with Gasteiger partial charge in [0.2, 0.25) is 5.95 Å². The Balaban J connectivity index is 1.53. The fraction of sp³-hybridized carbons (Fsp3) is 0.350. The number of anilines is 2. The van der Waals surface area contributed by atoms with E-state index < -0.39 is 41.2 Å². The Hall–Kier alpha value is -2.75. The number of rotatable bonds is 4. The third kappa shape index (κ3) is 5.01. The van der Waals surface area contributed by atoms with E-state index in [4.69, 9.17) is 9.15 Å². The number of furan rings is 1. The molecule has 3 aromatic rings. The summed E-state index contributed by atoms with van der Waals surface area (Å²) in [6, 6.07) is -2.47. The number of hydrogen-bond donors (Lipinski definition) is 2. The lowest BCUT2D eigenvalue weighted by atomic mass is 10.1. The number of morpholine rings is 1. The summed E-state index contributed by atoms with van der Waals surface area (Å²) in [4.78, 5) is 22.5. The Morgan fingerprint density at radius 3 is 2.62 bits per heavy atom.